The fourth-order valence-corrected chi connectivity index (χ4v) is 1.94. The predicted octanol–water partition coefficient (Wildman–Crippen LogP) is 0.832. The van der Waals surface area contributed by atoms with E-state index in [4.69, 9.17) is 4.74 Å². The number of hydrogen-bond acceptors (Lipinski definition) is 3. The van der Waals surface area contributed by atoms with Crippen LogP contribution in [-0.2, 0) is 9.53 Å². The first kappa shape index (κ1) is 16.2. The summed E-state index contributed by atoms with van der Waals surface area (Å²) in [6.07, 6.45) is 0. The van der Waals surface area contributed by atoms with Crippen molar-refractivity contribution >= 4 is 11.8 Å². The Bertz CT molecular complexity index is 577. The van der Waals surface area contributed by atoms with E-state index in [0.29, 0.717) is 26.3 Å². The third-order valence-electron chi connectivity index (χ3n) is 3.10. The van der Waals surface area contributed by atoms with Gasteiger partial charge < -0.3 is 15.0 Å². The average molecular weight is 320 g/mol. The van der Waals surface area contributed by atoms with Gasteiger partial charge in [-0.1, -0.05) is 0 Å². The molecule has 1 aromatic rings. The lowest BCUT2D eigenvalue weighted by Gasteiger charge is -2.26. The number of benzene rings is 1. The van der Waals surface area contributed by atoms with Gasteiger partial charge in [-0.25, -0.2) is 17.6 Å². The van der Waals surface area contributed by atoms with Crippen LogP contribution in [0.3, 0.4) is 0 Å². The number of amides is 2. The van der Waals surface area contributed by atoms with Gasteiger partial charge in [0.25, 0.3) is 5.91 Å². The molecule has 1 N–H and O–H groups in total. The highest BCUT2D eigenvalue weighted by atomic mass is 19.2. The molecule has 1 aliphatic rings. The Kier molecular flexibility index (Phi) is 4.96. The van der Waals surface area contributed by atoms with Crippen molar-refractivity contribution in [2.45, 2.75) is 0 Å². The van der Waals surface area contributed by atoms with Gasteiger partial charge in [0, 0.05) is 19.2 Å². The minimum atomic E-state index is -1.81. The van der Waals surface area contributed by atoms with E-state index in [9.17, 15) is 27.2 Å². The Morgan fingerprint density at radius 2 is 1.64 bits per heavy atom. The fourth-order valence-electron chi connectivity index (χ4n) is 1.94. The van der Waals surface area contributed by atoms with Crippen molar-refractivity contribution in [3.63, 3.8) is 0 Å². The van der Waals surface area contributed by atoms with Gasteiger partial charge in [-0.3, -0.25) is 9.59 Å². The number of nitrogens with one attached hydrogen (secondary N) is 1. The summed E-state index contributed by atoms with van der Waals surface area (Å²) in [4.78, 5) is 24.8. The molecule has 2 amide bonds. The van der Waals surface area contributed by atoms with Gasteiger partial charge >= 0.3 is 0 Å². The van der Waals surface area contributed by atoms with E-state index < -0.39 is 47.2 Å². The number of nitrogens with zero attached hydrogens (tertiary/aromatic N) is 1. The first-order valence-corrected chi connectivity index (χ1v) is 6.38. The topological polar surface area (TPSA) is 58.6 Å². The Morgan fingerprint density at radius 1 is 1.09 bits per heavy atom. The summed E-state index contributed by atoms with van der Waals surface area (Å²) in [6.45, 7) is 0.796. The van der Waals surface area contributed by atoms with Crippen molar-refractivity contribution in [3.05, 3.63) is 34.9 Å². The molecule has 0 unspecified atom stereocenters. The van der Waals surface area contributed by atoms with Crippen LogP contribution in [0, 0.1) is 23.3 Å². The van der Waals surface area contributed by atoms with Gasteiger partial charge in [-0.2, -0.15) is 0 Å². The predicted molar refractivity (Wildman–Crippen MR) is 66.0 cm³/mol. The molecule has 120 valence electrons. The molecule has 0 bridgehead atoms. The molecule has 0 aromatic heterocycles. The molecule has 1 fully saturated rings. The molecule has 0 spiro atoms. The summed E-state index contributed by atoms with van der Waals surface area (Å²) in [5.41, 5.74) is -1.40. The number of morpholine rings is 1. The van der Waals surface area contributed by atoms with Crippen LogP contribution in [0.4, 0.5) is 17.6 Å². The fraction of sp³-hybridized carbons (Fsp3) is 0.385. The number of ether oxygens (including phenoxy) is 1. The van der Waals surface area contributed by atoms with Crippen molar-refractivity contribution in [2.75, 3.05) is 32.8 Å². The molecule has 0 saturated carbocycles. The van der Waals surface area contributed by atoms with E-state index in [-0.39, 0.29) is 6.07 Å². The number of rotatable bonds is 3. The summed E-state index contributed by atoms with van der Waals surface area (Å²) in [6, 6.07) is 0.000328. The highest BCUT2D eigenvalue weighted by Gasteiger charge is 2.25. The van der Waals surface area contributed by atoms with Gasteiger partial charge in [0.2, 0.25) is 5.91 Å². The lowest BCUT2D eigenvalue weighted by atomic mass is 10.1. The zero-order valence-corrected chi connectivity index (χ0v) is 11.3. The van der Waals surface area contributed by atoms with E-state index in [2.05, 4.69) is 0 Å². The molecule has 0 radical (unpaired) electrons. The van der Waals surface area contributed by atoms with Crippen LogP contribution in [0.25, 0.3) is 0 Å². The van der Waals surface area contributed by atoms with E-state index in [0.717, 1.165) is 0 Å². The first-order chi connectivity index (χ1) is 10.4. The second-order valence-electron chi connectivity index (χ2n) is 4.52. The minimum Gasteiger partial charge on any atom is -0.378 e. The lowest BCUT2D eigenvalue weighted by Crippen LogP contribution is -2.45. The van der Waals surface area contributed by atoms with Gasteiger partial charge in [-0.05, 0) is 0 Å². The first-order valence-electron chi connectivity index (χ1n) is 6.38. The molecule has 2 rings (SSSR count). The Hall–Kier alpha value is -2.16. The maximum Gasteiger partial charge on any atom is 0.257 e. The lowest BCUT2D eigenvalue weighted by molar-refractivity contribution is -0.134. The third kappa shape index (κ3) is 3.35. The number of carbonyl (C=O) groups excluding carboxylic acids is 2. The molecule has 1 saturated heterocycles. The van der Waals surface area contributed by atoms with Crippen molar-refractivity contribution in [1.29, 1.82) is 0 Å². The van der Waals surface area contributed by atoms with Gasteiger partial charge in [0.05, 0.1) is 19.8 Å². The van der Waals surface area contributed by atoms with Crippen molar-refractivity contribution < 1.29 is 31.9 Å². The summed E-state index contributed by atoms with van der Waals surface area (Å²) in [5.74, 6) is -8.90. The van der Waals surface area contributed by atoms with E-state index in [1.165, 1.54) is 4.90 Å². The Morgan fingerprint density at radius 3 is 2.18 bits per heavy atom. The standard InChI is InChI=1S/C13H12F4N2O3/c14-7-5-8(15)12(17)10(11(7)16)13(21)18-6-9(20)19-1-3-22-4-2-19/h5H,1-4,6H2,(H,18,21). The molecular formula is C13H12F4N2O3. The summed E-state index contributed by atoms with van der Waals surface area (Å²) in [5, 5.41) is 1.95. The van der Waals surface area contributed by atoms with Crippen LogP contribution in [0.2, 0.25) is 0 Å². The highest BCUT2D eigenvalue weighted by molar-refractivity contribution is 5.97. The van der Waals surface area contributed by atoms with Gasteiger partial charge in [0.15, 0.2) is 23.3 Å². The maximum absolute atomic E-state index is 13.4. The molecule has 1 heterocycles. The largest absolute Gasteiger partial charge is 0.378 e. The molecular weight excluding hydrogens is 308 g/mol. The van der Waals surface area contributed by atoms with Crippen molar-refractivity contribution in [1.82, 2.24) is 10.2 Å². The smallest absolute Gasteiger partial charge is 0.257 e. The normalized spacial score (nSPS) is 14.8. The van der Waals surface area contributed by atoms with Crippen LogP contribution in [0.15, 0.2) is 6.07 Å². The van der Waals surface area contributed by atoms with Crippen molar-refractivity contribution in [3.8, 4) is 0 Å². The molecule has 9 heteroatoms. The third-order valence-corrected chi connectivity index (χ3v) is 3.10. The van der Waals surface area contributed by atoms with Crippen LogP contribution in [0.5, 0.6) is 0 Å². The van der Waals surface area contributed by atoms with Crippen LogP contribution in [-0.4, -0.2) is 49.6 Å². The molecule has 5 nitrogen and oxygen atoms in total. The summed E-state index contributed by atoms with van der Waals surface area (Å²) >= 11 is 0. The Balaban J connectivity index is 2.05. The number of carbonyl (C=O) groups is 2. The van der Waals surface area contributed by atoms with E-state index in [1.54, 1.807) is 0 Å². The highest BCUT2D eigenvalue weighted by Crippen LogP contribution is 2.19. The van der Waals surface area contributed by atoms with Gasteiger partial charge in [0.1, 0.15) is 5.56 Å². The quantitative estimate of drug-likeness (QED) is 0.663. The zero-order chi connectivity index (χ0) is 16.3. The second-order valence-corrected chi connectivity index (χ2v) is 4.52. The van der Waals surface area contributed by atoms with Gasteiger partial charge in [-0.15, -0.1) is 0 Å². The van der Waals surface area contributed by atoms with Crippen LogP contribution >= 0.6 is 0 Å². The summed E-state index contributed by atoms with van der Waals surface area (Å²) < 4.78 is 57.9. The molecule has 0 aliphatic carbocycles. The average Bonchev–Trinajstić information content (AvgIpc) is 2.51. The monoisotopic (exact) mass is 320 g/mol. The van der Waals surface area contributed by atoms with Crippen LogP contribution < -0.4 is 5.32 Å². The number of halogens is 4. The Labute approximate surface area is 122 Å². The molecule has 1 aliphatic heterocycles. The minimum absolute atomic E-state index is 0.000328. The molecule has 0 atom stereocenters. The molecule has 22 heavy (non-hydrogen) atoms. The molecule has 1 aromatic carbocycles. The second kappa shape index (κ2) is 6.73. The zero-order valence-electron chi connectivity index (χ0n) is 11.3. The van der Waals surface area contributed by atoms with Crippen LogP contribution in [0.1, 0.15) is 10.4 Å². The van der Waals surface area contributed by atoms with E-state index in [1.807, 2.05) is 5.32 Å². The van der Waals surface area contributed by atoms with E-state index >= 15 is 0 Å². The maximum atomic E-state index is 13.4. The van der Waals surface area contributed by atoms with Crippen molar-refractivity contribution in [2.24, 2.45) is 0 Å². The summed E-state index contributed by atoms with van der Waals surface area (Å²) in [7, 11) is 0. The SMILES string of the molecule is O=C(NCC(=O)N1CCOCC1)c1c(F)c(F)cc(F)c1F. The number of hydrogen-bond donors (Lipinski definition) is 1.